The average molecular weight is 318 g/mol. The Morgan fingerprint density at radius 3 is 2.86 bits per heavy atom. The summed E-state index contributed by atoms with van der Waals surface area (Å²) in [6.45, 7) is 1.87. The number of hydrogen-bond donors (Lipinski definition) is 2. The van der Waals surface area contributed by atoms with Gasteiger partial charge in [-0.2, -0.15) is 0 Å². The van der Waals surface area contributed by atoms with Gasteiger partial charge in [-0.25, -0.2) is 4.98 Å². The summed E-state index contributed by atoms with van der Waals surface area (Å²) in [7, 11) is 0. The largest absolute Gasteiger partial charge is 0.399 e. The number of halogens is 1. The van der Waals surface area contributed by atoms with Crippen molar-refractivity contribution < 1.29 is 4.79 Å². The van der Waals surface area contributed by atoms with E-state index in [4.69, 9.17) is 17.3 Å². The number of carbonyl (C=O) groups excluding carboxylic acids is 1. The first kappa shape index (κ1) is 13.9. The van der Waals surface area contributed by atoms with E-state index < -0.39 is 0 Å². The number of hydrogen-bond acceptors (Lipinski definition) is 4. The van der Waals surface area contributed by atoms with Crippen LogP contribution in [-0.2, 0) is 0 Å². The Balaban J connectivity index is 1.87. The normalized spacial score (nSPS) is 10.8. The summed E-state index contributed by atoms with van der Waals surface area (Å²) in [5.41, 5.74) is 8.66. The Hall–Kier alpha value is -2.11. The molecule has 1 aromatic heterocycles. The molecule has 1 heterocycles. The molecule has 0 saturated heterocycles. The van der Waals surface area contributed by atoms with Gasteiger partial charge in [0.15, 0.2) is 5.13 Å². The minimum atomic E-state index is -0.205. The highest BCUT2D eigenvalue weighted by Gasteiger charge is 2.11. The van der Waals surface area contributed by atoms with E-state index in [-0.39, 0.29) is 5.91 Å². The smallest absolute Gasteiger partial charge is 0.257 e. The molecule has 3 rings (SSSR count). The summed E-state index contributed by atoms with van der Waals surface area (Å²) in [6.07, 6.45) is 0. The highest BCUT2D eigenvalue weighted by Crippen LogP contribution is 2.28. The van der Waals surface area contributed by atoms with Crippen LogP contribution in [0, 0.1) is 6.92 Å². The number of nitrogens with zero attached hydrogens (tertiary/aromatic N) is 1. The topological polar surface area (TPSA) is 68.0 Å². The van der Waals surface area contributed by atoms with Gasteiger partial charge < -0.3 is 5.73 Å². The molecule has 21 heavy (non-hydrogen) atoms. The van der Waals surface area contributed by atoms with Crippen LogP contribution in [0.5, 0.6) is 0 Å². The number of carbonyl (C=O) groups is 1. The number of rotatable bonds is 2. The number of benzene rings is 2. The Bertz CT molecular complexity index is 844. The van der Waals surface area contributed by atoms with E-state index in [0.29, 0.717) is 21.4 Å². The first-order valence-corrected chi connectivity index (χ1v) is 7.46. The van der Waals surface area contributed by atoms with E-state index >= 15 is 0 Å². The molecule has 3 aromatic rings. The molecule has 6 heteroatoms. The van der Waals surface area contributed by atoms with Crippen molar-refractivity contribution >= 4 is 49.9 Å². The van der Waals surface area contributed by atoms with Gasteiger partial charge in [-0.1, -0.05) is 22.9 Å². The van der Waals surface area contributed by atoms with Gasteiger partial charge in [-0.3, -0.25) is 10.1 Å². The van der Waals surface area contributed by atoms with Crippen molar-refractivity contribution in [2.24, 2.45) is 0 Å². The predicted molar refractivity (Wildman–Crippen MR) is 88.2 cm³/mol. The lowest BCUT2D eigenvalue weighted by atomic mass is 10.1. The zero-order valence-corrected chi connectivity index (χ0v) is 12.8. The van der Waals surface area contributed by atoms with E-state index in [0.717, 1.165) is 15.8 Å². The molecule has 3 N–H and O–H groups in total. The van der Waals surface area contributed by atoms with Gasteiger partial charge in [-0.05, 0) is 48.9 Å². The monoisotopic (exact) mass is 317 g/mol. The summed E-state index contributed by atoms with van der Waals surface area (Å²) < 4.78 is 0.936. The Morgan fingerprint density at radius 2 is 2.10 bits per heavy atom. The maximum absolute atomic E-state index is 12.2. The summed E-state index contributed by atoms with van der Waals surface area (Å²) in [5.74, 6) is -0.205. The molecule has 4 nitrogen and oxygen atoms in total. The quantitative estimate of drug-likeness (QED) is 0.699. The van der Waals surface area contributed by atoms with Crippen molar-refractivity contribution in [1.82, 2.24) is 4.98 Å². The number of anilines is 2. The van der Waals surface area contributed by atoms with Crippen molar-refractivity contribution in [2.45, 2.75) is 6.92 Å². The molecule has 0 atom stereocenters. The summed E-state index contributed by atoms with van der Waals surface area (Å²) >= 11 is 7.33. The van der Waals surface area contributed by atoms with E-state index in [2.05, 4.69) is 10.3 Å². The first-order valence-electron chi connectivity index (χ1n) is 6.26. The molecular formula is C15H12ClN3OS. The van der Waals surface area contributed by atoms with Gasteiger partial charge in [0, 0.05) is 16.3 Å². The van der Waals surface area contributed by atoms with E-state index in [1.807, 2.05) is 19.1 Å². The minimum absolute atomic E-state index is 0.205. The van der Waals surface area contributed by atoms with Crippen LogP contribution >= 0.6 is 22.9 Å². The van der Waals surface area contributed by atoms with Crippen LogP contribution in [0.1, 0.15) is 15.9 Å². The van der Waals surface area contributed by atoms with Gasteiger partial charge in [0.25, 0.3) is 5.91 Å². The maximum atomic E-state index is 12.2. The zero-order valence-electron chi connectivity index (χ0n) is 11.2. The van der Waals surface area contributed by atoms with Crippen LogP contribution < -0.4 is 11.1 Å². The van der Waals surface area contributed by atoms with Crippen LogP contribution in [0.25, 0.3) is 10.2 Å². The van der Waals surface area contributed by atoms with Crippen molar-refractivity contribution in [3.05, 3.63) is 52.5 Å². The van der Waals surface area contributed by atoms with Gasteiger partial charge in [0.1, 0.15) is 0 Å². The molecule has 0 radical (unpaired) electrons. The minimum Gasteiger partial charge on any atom is -0.399 e. The van der Waals surface area contributed by atoms with Crippen LogP contribution in [0.15, 0.2) is 36.4 Å². The van der Waals surface area contributed by atoms with Crippen LogP contribution in [0.2, 0.25) is 5.02 Å². The van der Waals surface area contributed by atoms with Gasteiger partial charge in [0.2, 0.25) is 0 Å². The van der Waals surface area contributed by atoms with Crippen molar-refractivity contribution in [3.63, 3.8) is 0 Å². The lowest BCUT2D eigenvalue weighted by molar-refractivity contribution is 0.102. The number of amides is 1. The van der Waals surface area contributed by atoms with E-state index in [1.165, 1.54) is 11.3 Å². The molecule has 0 fully saturated rings. The molecular weight excluding hydrogens is 306 g/mol. The second-order valence-corrected chi connectivity index (χ2v) is 6.12. The second kappa shape index (κ2) is 5.35. The zero-order chi connectivity index (χ0) is 15.0. The molecule has 0 aliphatic heterocycles. The molecule has 106 valence electrons. The highest BCUT2D eigenvalue weighted by molar-refractivity contribution is 7.22. The summed E-state index contributed by atoms with van der Waals surface area (Å²) in [6, 6.07) is 10.6. The maximum Gasteiger partial charge on any atom is 0.257 e. The van der Waals surface area contributed by atoms with Crippen LogP contribution in [-0.4, -0.2) is 10.9 Å². The SMILES string of the molecule is Cc1cc(C(=O)Nc2nc3ccc(Cl)cc3s2)ccc1N. The summed E-state index contributed by atoms with van der Waals surface area (Å²) in [4.78, 5) is 16.6. The number of fused-ring (bicyclic) bond motifs is 1. The lowest BCUT2D eigenvalue weighted by Crippen LogP contribution is -2.12. The number of nitrogens with two attached hydrogens (primary N) is 1. The van der Waals surface area contributed by atoms with E-state index in [9.17, 15) is 4.79 Å². The number of aryl methyl sites for hydroxylation is 1. The molecule has 0 unspecified atom stereocenters. The third-order valence-electron chi connectivity index (χ3n) is 3.10. The molecule has 1 amide bonds. The van der Waals surface area contributed by atoms with Crippen molar-refractivity contribution in [1.29, 1.82) is 0 Å². The fourth-order valence-corrected chi connectivity index (χ4v) is 3.08. The fourth-order valence-electron chi connectivity index (χ4n) is 1.94. The van der Waals surface area contributed by atoms with E-state index in [1.54, 1.807) is 24.3 Å². The summed E-state index contributed by atoms with van der Waals surface area (Å²) in [5, 5.41) is 4.00. The molecule has 0 aliphatic rings. The fraction of sp³-hybridized carbons (Fsp3) is 0.0667. The average Bonchev–Trinajstić information content (AvgIpc) is 2.83. The van der Waals surface area contributed by atoms with Crippen LogP contribution in [0.4, 0.5) is 10.8 Å². The Morgan fingerprint density at radius 1 is 1.29 bits per heavy atom. The molecule has 0 spiro atoms. The number of nitrogens with one attached hydrogen (secondary N) is 1. The third-order valence-corrected chi connectivity index (χ3v) is 4.27. The predicted octanol–water partition coefficient (Wildman–Crippen LogP) is 4.09. The van der Waals surface area contributed by atoms with Gasteiger partial charge >= 0.3 is 0 Å². The first-order chi connectivity index (χ1) is 10.0. The van der Waals surface area contributed by atoms with Crippen molar-refractivity contribution in [2.75, 3.05) is 11.1 Å². The number of nitrogen functional groups attached to an aromatic ring is 1. The Labute approximate surface area is 130 Å². The molecule has 0 bridgehead atoms. The highest BCUT2D eigenvalue weighted by atomic mass is 35.5. The van der Waals surface area contributed by atoms with Gasteiger partial charge in [-0.15, -0.1) is 0 Å². The number of thiazole rings is 1. The standard InChI is InChI=1S/C15H12ClN3OS/c1-8-6-9(2-4-11(8)17)14(20)19-15-18-12-5-3-10(16)7-13(12)21-15/h2-7H,17H2,1H3,(H,18,19,20). The van der Waals surface area contributed by atoms with Gasteiger partial charge in [0.05, 0.1) is 10.2 Å². The molecule has 0 saturated carbocycles. The molecule has 2 aromatic carbocycles. The lowest BCUT2D eigenvalue weighted by Gasteiger charge is -2.04. The number of aromatic nitrogens is 1. The molecule has 0 aliphatic carbocycles. The van der Waals surface area contributed by atoms with Crippen molar-refractivity contribution in [3.8, 4) is 0 Å². The second-order valence-electron chi connectivity index (χ2n) is 4.66. The Kier molecular flexibility index (Phi) is 3.53. The third kappa shape index (κ3) is 2.84. The van der Waals surface area contributed by atoms with Crippen LogP contribution in [0.3, 0.4) is 0 Å².